The van der Waals surface area contributed by atoms with Crippen molar-refractivity contribution in [3.63, 3.8) is 0 Å². The topological polar surface area (TPSA) is 102 Å². The maximum atomic E-state index is 12.5. The minimum atomic E-state index is -0.650. The Bertz CT molecular complexity index is 1040. The molecular weight excluding hydrogens is 444 g/mol. The first-order chi connectivity index (χ1) is 14.5. The van der Waals surface area contributed by atoms with E-state index in [9.17, 15) is 14.9 Å². The van der Waals surface area contributed by atoms with Gasteiger partial charge in [0.1, 0.15) is 15.7 Å². The molecule has 0 N–H and O–H groups in total. The number of ether oxygens (including phenoxy) is 1. The van der Waals surface area contributed by atoms with Gasteiger partial charge in [0.15, 0.2) is 5.76 Å². The zero-order chi connectivity index (χ0) is 21.1. The van der Waals surface area contributed by atoms with E-state index >= 15 is 0 Å². The van der Waals surface area contributed by atoms with Gasteiger partial charge in [0.25, 0.3) is 5.91 Å². The smallest absolute Gasteiger partial charge is 0.433 e. The Labute approximate surface area is 188 Å². The van der Waals surface area contributed by atoms with Gasteiger partial charge in [0.05, 0.1) is 25.4 Å². The van der Waals surface area contributed by atoms with Crippen molar-refractivity contribution in [2.24, 2.45) is 0 Å². The number of carbonyl (C=O) groups excluding carboxylic acids is 1. The van der Waals surface area contributed by atoms with E-state index in [0.29, 0.717) is 26.2 Å². The average Bonchev–Trinajstić information content (AvgIpc) is 3.44. The van der Waals surface area contributed by atoms with Gasteiger partial charge in [0.2, 0.25) is 0 Å². The molecule has 0 radical (unpaired) electrons. The lowest BCUT2D eigenvalue weighted by Gasteiger charge is -2.33. The van der Waals surface area contributed by atoms with E-state index in [0.717, 1.165) is 28.6 Å². The van der Waals surface area contributed by atoms with Gasteiger partial charge in [-0.05, 0) is 30.3 Å². The first kappa shape index (κ1) is 22.7. The van der Waals surface area contributed by atoms with E-state index < -0.39 is 10.8 Å². The number of carbonyl (C=O) groups is 1. The van der Waals surface area contributed by atoms with Crippen molar-refractivity contribution in [1.82, 2.24) is 14.8 Å². The predicted molar refractivity (Wildman–Crippen MR) is 118 cm³/mol. The number of methoxy groups -OCH3 is 1. The highest BCUT2D eigenvalue weighted by molar-refractivity contribution is 7.09. The summed E-state index contributed by atoms with van der Waals surface area (Å²) in [7, 11) is 1.64. The van der Waals surface area contributed by atoms with E-state index in [4.69, 9.17) is 14.1 Å². The number of hydrogen-bond donors (Lipinski definition) is 0. The number of piperazine rings is 1. The second kappa shape index (κ2) is 9.90. The third kappa shape index (κ3) is 5.22. The third-order valence-corrected chi connectivity index (χ3v) is 5.77. The summed E-state index contributed by atoms with van der Waals surface area (Å²) < 4.78 is 10.2. The molecule has 3 heterocycles. The number of nitro groups is 1. The minimum absolute atomic E-state index is 0. The Morgan fingerprint density at radius 3 is 2.52 bits per heavy atom. The number of amides is 1. The number of furan rings is 1. The Morgan fingerprint density at radius 1 is 1.19 bits per heavy atom. The molecule has 1 amide bonds. The van der Waals surface area contributed by atoms with E-state index in [1.165, 1.54) is 12.1 Å². The Balaban J connectivity index is 0.00000272. The molecule has 2 aromatic heterocycles. The number of nitrogens with zero attached hydrogens (tertiary/aromatic N) is 4. The van der Waals surface area contributed by atoms with Crippen LogP contribution in [0.5, 0.6) is 5.75 Å². The lowest BCUT2D eigenvalue weighted by molar-refractivity contribution is -0.402. The minimum Gasteiger partial charge on any atom is -0.497 e. The molecule has 1 aliphatic heterocycles. The van der Waals surface area contributed by atoms with Crippen LogP contribution in [0.2, 0.25) is 0 Å². The third-order valence-electron chi connectivity index (χ3n) is 4.94. The van der Waals surface area contributed by atoms with E-state index in [-0.39, 0.29) is 24.1 Å². The Kier molecular flexibility index (Phi) is 7.26. The van der Waals surface area contributed by atoms with Gasteiger partial charge < -0.3 is 14.1 Å². The van der Waals surface area contributed by atoms with Crippen molar-refractivity contribution >= 4 is 35.5 Å². The van der Waals surface area contributed by atoms with Crippen LogP contribution < -0.4 is 4.74 Å². The van der Waals surface area contributed by atoms with Gasteiger partial charge in [-0.3, -0.25) is 19.8 Å². The summed E-state index contributed by atoms with van der Waals surface area (Å²) in [4.78, 5) is 31.2. The van der Waals surface area contributed by atoms with Gasteiger partial charge >= 0.3 is 5.88 Å². The maximum absolute atomic E-state index is 12.5. The maximum Gasteiger partial charge on any atom is 0.433 e. The molecule has 0 unspecified atom stereocenters. The quantitative estimate of drug-likeness (QED) is 0.404. The molecule has 1 fully saturated rings. The summed E-state index contributed by atoms with van der Waals surface area (Å²) in [6.07, 6.45) is 0. The number of aromatic nitrogens is 1. The molecule has 0 bridgehead atoms. The molecular formula is C20H21ClN4O5S. The summed E-state index contributed by atoms with van der Waals surface area (Å²) in [6, 6.07) is 10.4. The Hall–Kier alpha value is -2.95. The van der Waals surface area contributed by atoms with Crippen molar-refractivity contribution in [2.45, 2.75) is 6.54 Å². The van der Waals surface area contributed by atoms with Crippen molar-refractivity contribution < 1.29 is 18.9 Å². The van der Waals surface area contributed by atoms with Crippen molar-refractivity contribution in [3.8, 4) is 17.0 Å². The largest absolute Gasteiger partial charge is 0.497 e. The van der Waals surface area contributed by atoms with Gasteiger partial charge in [-0.1, -0.05) is 0 Å². The summed E-state index contributed by atoms with van der Waals surface area (Å²) in [6.45, 7) is 3.18. The molecule has 11 heteroatoms. The molecule has 4 rings (SSSR count). The van der Waals surface area contributed by atoms with E-state index in [1.807, 2.05) is 29.6 Å². The average molecular weight is 465 g/mol. The molecule has 0 atom stereocenters. The van der Waals surface area contributed by atoms with Crippen LogP contribution in [0.4, 0.5) is 5.88 Å². The molecule has 0 saturated carbocycles. The monoisotopic (exact) mass is 464 g/mol. The van der Waals surface area contributed by atoms with Gasteiger partial charge in [-0.2, -0.15) is 0 Å². The van der Waals surface area contributed by atoms with Crippen LogP contribution in [0, 0.1) is 10.1 Å². The predicted octanol–water partition coefficient (Wildman–Crippen LogP) is 3.70. The van der Waals surface area contributed by atoms with E-state index in [1.54, 1.807) is 23.3 Å². The fourth-order valence-corrected chi connectivity index (χ4v) is 4.12. The highest BCUT2D eigenvalue weighted by Gasteiger charge is 2.26. The lowest BCUT2D eigenvalue weighted by atomic mass is 10.2. The first-order valence-corrected chi connectivity index (χ1v) is 10.3. The number of rotatable bonds is 6. The fraction of sp³-hybridized carbons (Fsp3) is 0.300. The summed E-state index contributed by atoms with van der Waals surface area (Å²) in [5, 5.41) is 13.8. The highest BCUT2D eigenvalue weighted by Crippen LogP contribution is 2.25. The van der Waals surface area contributed by atoms with Crippen LogP contribution in [-0.2, 0) is 6.54 Å². The molecule has 1 saturated heterocycles. The molecule has 164 valence electrons. The van der Waals surface area contributed by atoms with Crippen molar-refractivity contribution in [3.05, 3.63) is 62.7 Å². The lowest BCUT2D eigenvalue weighted by Crippen LogP contribution is -2.48. The summed E-state index contributed by atoms with van der Waals surface area (Å²) in [5.74, 6) is 0.0668. The molecule has 1 aromatic carbocycles. The van der Waals surface area contributed by atoms with Crippen LogP contribution >= 0.6 is 23.7 Å². The first-order valence-electron chi connectivity index (χ1n) is 9.38. The fourth-order valence-electron chi connectivity index (χ4n) is 3.27. The van der Waals surface area contributed by atoms with Crippen LogP contribution in [0.25, 0.3) is 11.3 Å². The number of hydrogen-bond acceptors (Lipinski definition) is 8. The normalized spacial score (nSPS) is 14.2. The molecule has 9 nitrogen and oxygen atoms in total. The zero-order valence-corrected chi connectivity index (χ0v) is 18.4. The van der Waals surface area contributed by atoms with Gasteiger partial charge in [-0.25, -0.2) is 4.98 Å². The zero-order valence-electron chi connectivity index (χ0n) is 16.7. The van der Waals surface area contributed by atoms with Gasteiger partial charge in [0, 0.05) is 37.1 Å². The van der Waals surface area contributed by atoms with Crippen LogP contribution in [0.3, 0.4) is 0 Å². The number of thiazole rings is 1. The summed E-state index contributed by atoms with van der Waals surface area (Å²) >= 11 is 1.61. The summed E-state index contributed by atoms with van der Waals surface area (Å²) in [5.41, 5.74) is 1.98. The Morgan fingerprint density at radius 2 is 1.90 bits per heavy atom. The molecule has 1 aliphatic rings. The molecule has 31 heavy (non-hydrogen) atoms. The SMILES string of the molecule is COc1ccc(-c2csc(CN3CCN(C(=O)c4ccc([N+](=O)[O-])o4)CC3)n2)cc1.Cl. The second-order valence-electron chi connectivity index (χ2n) is 6.82. The second-order valence-corrected chi connectivity index (χ2v) is 7.76. The molecule has 3 aromatic rings. The number of halogens is 1. The van der Waals surface area contributed by atoms with E-state index in [2.05, 4.69) is 4.90 Å². The molecule has 0 spiro atoms. The standard InChI is InChI=1S/C20H20N4O5S.ClH/c1-28-15-4-2-14(3-5-15)16-13-30-18(21-16)12-22-8-10-23(11-9-22)20(25)17-6-7-19(29-17)24(26)27;/h2-7,13H,8-12H2,1H3;1H. The van der Waals surface area contributed by atoms with Crippen molar-refractivity contribution in [2.75, 3.05) is 33.3 Å². The highest BCUT2D eigenvalue weighted by atomic mass is 35.5. The van der Waals surface area contributed by atoms with Crippen LogP contribution in [0.1, 0.15) is 15.6 Å². The molecule has 0 aliphatic carbocycles. The number of benzene rings is 1. The van der Waals surface area contributed by atoms with Crippen molar-refractivity contribution in [1.29, 1.82) is 0 Å². The van der Waals surface area contributed by atoms with Gasteiger partial charge in [-0.15, -0.1) is 23.7 Å². The van der Waals surface area contributed by atoms with Crippen LogP contribution in [-0.4, -0.2) is 58.9 Å². The van der Waals surface area contributed by atoms with Crippen LogP contribution in [0.15, 0.2) is 46.2 Å².